The van der Waals surface area contributed by atoms with Gasteiger partial charge in [-0.05, 0) is 30.2 Å². The number of rotatable bonds is 3. The van der Waals surface area contributed by atoms with Gasteiger partial charge in [0.05, 0.1) is 0 Å². The fraction of sp³-hybridized carbons (Fsp3) is 0.429. The van der Waals surface area contributed by atoms with E-state index in [1.54, 1.807) is 0 Å². The zero-order chi connectivity index (χ0) is 11.8. The molecule has 1 aliphatic rings. The van der Waals surface area contributed by atoms with Gasteiger partial charge in [0.2, 0.25) is 0 Å². The van der Waals surface area contributed by atoms with E-state index in [4.69, 9.17) is 4.74 Å². The number of hydrogen-bond donors (Lipinski definition) is 2. The van der Waals surface area contributed by atoms with Crippen molar-refractivity contribution in [2.45, 2.75) is 25.9 Å². The summed E-state index contributed by atoms with van der Waals surface area (Å²) in [6, 6.07) is 8.48. The van der Waals surface area contributed by atoms with Crippen molar-refractivity contribution in [2.75, 3.05) is 13.1 Å². The molecule has 0 unspecified atom stereocenters. The number of ether oxygens (including phenoxy) is 1. The van der Waals surface area contributed by atoms with E-state index >= 15 is 0 Å². The summed E-state index contributed by atoms with van der Waals surface area (Å²) in [5.74, 6) is 1.50. The van der Waals surface area contributed by atoms with Crippen LogP contribution in [0.1, 0.15) is 25.5 Å². The van der Waals surface area contributed by atoms with E-state index in [2.05, 4.69) is 42.3 Å². The van der Waals surface area contributed by atoms with Gasteiger partial charge in [0, 0.05) is 29.7 Å². The van der Waals surface area contributed by atoms with Gasteiger partial charge in [0.1, 0.15) is 11.9 Å². The van der Waals surface area contributed by atoms with Gasteiger partial charge in [-0.3, -0.25) is 0 Å². The summed E-state index contributed by atoms with van der Waals surface area (Å²) in [5.41, 5.74) is 2.47. The normalized spacial score (nSPS) is 16.4. The van der Waals surface area contributed by atoms with Crippen molar-refractivity contribution in [2.24, 2.45) is 0 Å². The fourth-order valence-electron chi connectivity index (χ4n) is 2.06. The van der Waals surface area contributed by atoms with Gasteiger partial charge in [0.25, 0.3) is 0 Å². The molecule has 2 heterocycles. The Hall–Kier alpha value is -1.48. The Morgan fingerprint density at radius 1 is 1.24 bits per heavy atom. The lowest BCUT2D eigenvalue weighted by Gasteiger charge is -2.27. The standard InChI is InChI=1S/C14H18N2O/c1-9(2)14-6-10-5-11(3-4-13(10)16-14)17-12-7-15-8-12/h3-6,9,12,15-16H,7-8H2,1-2H3. The first kappa shape index (κ1) is 10.7. The van der Waals surface area contributed by atoms with Crippen molar-refractivity contribution >= 4 is 10.9 Å². The lowest BCUT2D eigenvalue weighted by Crippen LogP contribution is -2.50. The third-order valence-corrected chi connectivity index (χ3v) is 3.28. The average Bonchev–Trinajstić information content (AvgIpc) is 2.66. The highest BCUT2D eigenvalue weighted by Crippen LogP contribution is 2.25. The predicted molar refractivity (Wildman–Crippen MR) is 69.7 cm³/mol. The molecule has 1 aromatic heterocycles. The molecular formula is C14H18N2O. The largest absolute Gasteiger partial charge is 0.488 e. The Bertz CT molecular complexity index is 526. The third-order valence-electron chi connectivity index (χ3n) is 3.28. The summed E-state index contributed by atoms with van der Waals surface area (Å²) in [6.07, 6.45) is 0.343. The van der Waals surface area contributed by atoms with E-state index < -0.39 is 0 Å². The molecule has 1 aromatic carbocycles. The number of aromatic amines is 1. The van der Waals surface area contributed by atoms with Crippen molar-refractivity contribution in [3.63, 3.8) is 0 Å². The van der Waals surface area contributed by atoms with E-state index in [9.17, 15) is 0 Å². The van der Waals surface area contributed by atoms with Gasteiger partial charge in [-0.25, -0.2) is 0 Å². The molecule has 0 aliphatic carbocycles. The summed E-state index contributed by atoms with van der Waals surface area (Å²) in [5, 5.41) is 4.44. The number of H-pyrrole nitrogens is 1. The van der Waals surface area contributed by atoms with Crippen LogP contribution in [0, 0.1) is 0 Å². The Morgan fingerprint density at radius 3 is 2.71 bits per heavy atom. The van der Waals surface area contributed by atoms with Crippen LogP contribution < -0.4 is 10.1 Å². The highest BCUT2D eigenvalue weighted by atomic mass is 16.5. The molecule has 1 fully saturated rings. The first-order valence-corrected chi connectivity index (χ1v) is 6.22. The van der Waals surface area contributed by atoms with Crippen molar-refractivity contribution in [1.82, 2.24) is 10.3 Å². The third kappa shape index (κ3) is 2.03. The first-order chi connectivity index (χ1) is 8.22. The average molecular weight is 230 g/mol. The lowest BCUT2D eigenvalue weighted by molar-refractivity contribution is 0.142. The second kappa shape index (κ2) is 4.08. The van der Waals surface area contributed by atoms with Crippen LogP contribution in [0.2, 0.25) is 0 Å². The summed E-state index contributed by atoms with van der Waals surface area (Å²) < 4.78 is 5.85. The van der Waals surface area contributed by atoms with Crippen LogP contribution in [-0.2, 0) is 0 Å². The van der Waals surface area contributed by atoms with Gasteiger partial charge in [-0.15, -0.1) is 0 Å². The van der Waals surface area contributed by atoms with E-state index in [1.165, 1.54) is 16.6 Å². The van der Waals surface area contributed by atoms with Crippen LogP contribution in [0.25, 0.3) is 10.9 Å². The quantitative estimate of drug-likeness (QED) is 0.850. The Morgan fingerprint density at radius 2 is 2.06 bits per heavy atom. The minimum Gasteiger partial charge on any atom is -0.488 e. The molecule has 0 spiro atoms. The molecule has 0 radical (unpaired) electrons. The molecule has 0 amide bonds. The maximum atomic E-state index is 5.85. The van der Waals surface area contributed by atoms with Crippen LogP contribution >= 0.6 is 0 Å². The molecule has 2 N–H and O–H groups in total. The van der Waals surface area contributed by atoms with Crippen molar-refractivity contribution in [3.05, 3.63) is 30.0 Å². The van der Waals surface area contributed by atoms with Gasteiger partial charge < -0.3 is 15.0 Å². The number of fused-ring (bicyclic) bond motifs is 1. The zero-order valence-electron chi connectivity index (χ0n) is 10.3. The molecule has 0 bridgehead atoms. The van der Waals surface area contributed by atoms with Crippen LogP contribution in [-0.4, -0.2) is 24.2 Å². The number of nitrogens with one attached hydrogen (secondary N) is 2. The molecule has 1 saturated heterocycles. The molecular weight excluding hydrogens is 212 g/mol. The second-order valence-corrected chi connectivity index (χ2v) is 5.03. The monoisotopic (exact) mass is 230 g/mol. The first-order valence-electron chi connectivity index (χ1n) is 6.22. The Kier molecular flexibility index (Phi) is 2.56. The Labute approximate surface area is 101 Å². The molecule has 3 heteroatoms. The SMILES string of the molecule is CC(C)c1cc2cc(OC3CNC3)ccc2[nH]1. The van der Waals surface area contributed by atoms with Gasteiger partial charge >= 0.3 is 0 Å². The molecule has 0 atom stereocenters. The summed E-state index contributed by atoms with van der Waals surface area (Å²) in [4.78, 5) is 3.44. The van der Waals surface area contributed by atoms with Gasteiger partial charge in [0.15, 0.2) is 0 Å². The summed E-state index contributed by atoms with van der Waals surface area (Å²) in [7, 11) is 0. The smallest absolute Gasteiger partial charge is 0.123 e. The molecule has 1 aliphatic heterocycles. The Balaban J connectivity index is 1.89. The van der Waals surface area contributed by atoms with Crippen LogP contribution in [0.5, 0.6) is 5.75 Å². The molecule has 2 aromatic rings. The van der Waals surface area contributed by atoms with Gasteiger partial charge in [-0.1, -0.05) is 13.8 Å². The summed E-state index contributed by atoms with van der Waals surface area (Å²) >= 11 is 0. The number of hydrogen-bond acceptors (Lipinski definition) is 2. The predicted octanol–water partition coefficient (Wildman–Crippen LogP) is 2.64. The van der Waals surface area contributed by atoms with Gasteiger partial charge in [-0.2, -0.15) is 0 Å². The topological polar surface area (TPSA) is 37.0 Å². The fourth-order valence-corrected chi connectivity index (χ4v) is 2.06. The van der Waals surface area contributed by atoms with E-state index in [1.807, 2.05) is 6.07 Å². The molecule has 90 valence electrons. The minimum atomic E-state index is 0.343. The van der Waals surface area contributed by atoms with E-state index in [0.717, 1.165) is 18.8 Å². The molecule has 3 nitrogen and oxygen atoms in total. The second-order valence-electron chi connectivity index (χ2n) is 5.03. The maximum Gasteiger partial charge on any atom is 0.123 e. The highest BCUT2D eigenvalue weighted by Gasteiger charge is 2.18. The number of aromatic nitrogens is 1. The highest BCUT2D eigenvalue weighted by molar-refractivity contribution is 5.82. The number of benzene rings is 1. The van der Waals surface area contributed by atoms with Crippen molar-refractivity contribution in [3.8, 4) is 5.75 Å². The van der Waals surface area contributed by atoms with Crippen molar-refractivity contribution < 1.29 is 4.74 Å². The summed E-state index contributed by atoms with van der Waals surface area (Å²) in [6.45, 7) is 6.31. The van der Waals surface area contributed by atoms with Crippen LogP contribution in [0.4, 0.5) is 0 Å². The minimum absolute atomic E-state index is 0.343. The van der Waals surface area contributed by atoms with Crippen molar-refractivity contribution in [1.29, 1.82) is 0 Å². The van der Waals surface area contributed by atoms with E-state index in [0.29, 0.717) is 12.0 Å². The van der Waals surface area contributed by atoms with Crippen LogP contribution in [0.3, 0.4) is 0 Å². The molecule has 0 saturated carbocycles. The lowest BCUT2D eigenvalue weighted by atomic mass is 10.1. The van der Waals surface area contributed by atoms with Crippen LogP contribution in [0.15, 0.2) is 24.3 Å². The maximum absolute atomic E-state index is 5.85. The zero-order valence-corrected chi connectivity index (χ0v) is 10.3. The molecule has 3 rings (SSSR count). The van der Waals surface area contributed by atoms with E-state index in [-0.39, 0.29) is 0 Å². The molecule has 17 heavy (non-hydrogen) atoms.